The van der Waals surface area contributed by atoms with Gasteiger partial charge in [0.25, 0.3) is 0 Å². The average molecular weight is 134 g/mol. The van der Waals surface area contributed by atoms with E-state index in [9.17, 15) is 4.79 Å². The van der Waals surface area contributed by atoms with E-state index in [1.807, 2.05) is 5.43 Å². The fraction of sp³-hybridized carbons (Fsp3) is 0.750. The third kappa shape index (κ3) is 115. The molecule has 0 aliphatic rings. The molecule has 0 bridgehead atoms. The quantitative estimate of drug-likeness (QED) is 0.212. The van der Waals surface area contributed by atoms with E-state index in [1.54, 1.807) is 14.1 Å². The van der Waals surface area contributed by atoms with E-state index >= 15 is 0 Å². The largest absolute Gasteiger partial charge is 0.295 e. The molecule has 0 aliphatic carbocycles. The second kappa shape index (κ2) is 7.35. The number of nitrogens with two attached hydrogens (primary N) is 2. The van der Waals surface area contributed by atoms with E-state index in [0.717, 1.165) is 0 Å². The molecule has 0 unspecified atom stereocenters. The van der Waals surface area contributed by atoms with Gasteiger partial charge in [-0.1, -0.05) is 0 Å². The lowest BCUT2D eigenvalue weighted by molar-refractivity contribution is -0.119. The van der Waals surface area contributed by atoms with E-state index < -0.39 is 0 Å². The molecule has 0 aromatic heterocycles. The molecule has 0 saturated heterocycles. The van der Waals surface area contributed by atoms with E-state index in [0.29, 0.717) is 0 Å². The second-order valence-corrected chi connectivity index (χ2v) is 1.66. The number of carbonyl (C=O) groups is 1. The summed E-state index contributed by atoms with van der Waals surface area (Å²) in [4.78, 5) is 9.58. The molecule has 0 saturated carbocycles. The van der Waals surface area contributed by atoms with Crippen LogP contribution in [0.1, 0.15) is 6.92 Å². The summed E-state index contributed by atoms with van der Waals surface area (Å²) in [6.07, 6.45) is 0. The summed E-state index contributed by atoms with van der Waals surface area (Å²) in [7, 11) is 3.56. The summed E-state index contributed by atoms with van der Waals surface area (Å²) in [5.74, 6) is 9.30. The SMILES string of the molecule is CC(=O)NN.CN(C)N. The van der Waals surface area contributed by atoms with Crippen molar-refractivity contribution in [2.45, 2.75) is 6.92 Å². The average Bonchev–Trinajstić information content (AvgIpc) is 1.65. The van der Waals surface area contributed by atoms with Gasteiger partial charge in [-0.15, -0.1) is 0 Å². The van der Waals surface area contributed by atoms with Crippen LogP contribution in [-0.2, 0) is 4.79 Å². The molecule has 56 valence electrons. The van der Waals surface area contributed by atoms with Crippen LogP contribution in [0.3, 0.4) is 0 Å². The van der Waals surface area contributed by atoms with Crippen LogP contribution in [0.2, 0.25) is 0 Å². The van der Waals surface area contributed by atoms with Gasteiger partial charge in [-0.25, -0.2) is 5.84 Å². The highest BCUT2D eigenvalue weighted by atomic mass is 16.2. The number of rotatable bonds is 0. The van der Waals surface area contributed by atoms with Gasteiger partial charge in [-0.3, -0.25) is 21.1 Å². The predicted octanol–water partition coefficient (Wildman–Crippen LogP) is -1.58. The molecular formula is C4H14N4O. The number of hydrogen-bond acceptors (Lipinski definition) is 4. The van der Waals surface area contributed by atoms with Gasteiger partial charge in [0.05, 0.1) is 0 Å². The van der Waals surface area contributed by atoms with Crippen molar-refractivity contribution in [3.8, 4) is 0 Å². The Balaban J connectivity index is 0. The van der Waals surface area contributed by atoms with Crippen molar-refractivity contribution in [3.05, 3.63) is 0 Å². The first-order valence-corrected chi connectivity index (χ1v) is 2.40. The Morgan fingerprint density at radius 2 is 1.67 bits per heavy atom. The lowest BCUT2D eigenvalue weighted by Crippen LogP contribution is -2.26. The van der Waals surface area contributed by atoms with Crippen LogP contribution < -0.4 is 17.1 Å². The zero-order chi connectivity index (χ0) is 7.86. The van der Waals surface area contributed by atoms with Crippen molar-refractivity contribution < 1.29 is 4.79 Å². The van der Waals surface area contributed by atoms with Crippen molar-refractivity contribution in [2.24, 2.45) is 11.7 Å². The Morgan fingerprint density at radius 1 is 1.56 bits per heavy atom. The minimum Gasteiger partial charge on any atom is -0.295 e. The minimum absolute atomic E-state index is 0.218. The van der Waals surface area contributed by atoms with Crippen LogP contribution in [0.25, 0.3) is 0 Å². The maximum Gasteiger partial charge on any atom is 0.230 e. The van der Waals surface area contributed by atoms with Crippen LogP contribution in [0.5, 0.6) is 0 Å². The molecule has 5 N–H and O–H groups in total. The molecule has 0 heterocycles. The lowest BCUT2D eigenvalue weighted by atomic mass is 10.8. The van der Waals surface area contributed by atoms with Crippen LogP contribution in [-0.4, -0.2) is 25.0 Å². The van der Waals surface area contributed by atoms with Gasteiger partial charge in [0.2, 0.25) is 5.91 Å². The van der Waals surface area contributed by atoms with Gasteiger partial charge >= 0.3 is 0 Å². The summed E-state index contributed by atoms with van der Waals surface area (Å²) < 4.78 is 0. The Bertz CT molecular complexity index is 70.2. The minimum atomic E-state index is -0.218. The second-order valence-electron chi connectivity index (χ2n) is 1.66. The van der Waals surface area contributed by atoms with Gasteiger partial charge in [0.1, 0.15) is 0 Å². The van der Waals surface area contributed by atoms with Crippen LogP contribution in [0.15, 0.2) is 0 Å². The number of amides is 1. The molecule has 0 aliphatic heterocycles. The monoisotopic (exact) mass is 134 g/mol. The van der Waals surface area contributed by atoms with Gasteiger partial charge in [0, 0.05) is 21.0 Å². The van der Waals surface area contributed by atoms with Crippen molar-refractivity contribution in [1.29, 1.82) is 0 Å². The summed E-state index contributed by atoms with van der Waals surface area (Å²) in [5.41, 5.74) is 1.89. The standard InChI is InChI=1S/C2H6N2O.C2H8N2/c1-2(5)4-3;1-4(2)3/h3H2,1H3,(H,4,5);3H2,1-2H3. The predicted molar refractivity (Wildman–Crippen MR) is 35.9 cm³/mol. The first-order chi connectivity index (χ1) is 4.00. The molecule has 0 aromatic rings. The van der Waals surface area contributed by atoms with E-state index in [1.165, 1.54) is 11.9 Å². The molecule has 0 atom stereocenters. The molecule has 0 fully saturated rings. The van der Waals surface area contributed by atoms with E-state index in [2.05, 4.69) is 5.84 Å². The summed E-state index contributed by atoms with van der Waals surface area (Å²) in [6.45, 7) is 1.35. The Kier molecular flexibility index (Phi) is 9.14. The zero-order valence-electron chi connectivity index (χ0n) is 6.01. The van der Waals surface area contributed by atoms with Crippen molar-refractivity contribution in [3.63, 3.8) is 0 Å². The van der Waals surface area contributed by atoms with Crippen molar-refractivity contribution >= 4 is 5.91 Å². The number of hydrogen-bond donors (Lipinski definition) is 3. The van der Waals surface area contributed by atoms with Gasteiger partial charge < -0.3 is 0 Å². The Hall–Kier alpha value is -0.650. The smallest absolute Gasteiger partial charge is 0.230 e. The number of carbonyl (C=O) groups excluding carboxylic acids is 1. The Labute approximate surface area is 54.9 Å². The number of nitrogens with zero attached hydrogens (tertiary/aromatic N) is 1. The summed E-state index contributed by atoms with van der Waals surface area (Å²) >= 11 is 0. The normalized spacial score (nSPS) is 7.78. The number of nitrogens with one attached hydrogen (secondary N) is 1. The molecular weight excluding hydrogens is 120 g/mol. The molecule has 0 radical (unpaired) electrons. The molecule has 9 heavy (non-hydrogen) atoms. The van der Waals surface area contributed by atoms with Crippen LogP contribution in [0.4, 0.5) is 0 Å². The van der Waals surface area contributed by atoms with Gasteiger partial charge in [-0.2, -0.15) is 0 Å². The van der Waals surface area contributed by atoms with Crippen molar-refractivity contribution in [1.82, 2.24) is 10.4 Å². The fourth-order valence-electron chi connectivity index (χ4n) is 0. The number of hydrazine groups is 2. The molecule has 0 rings (SSSR count). The van der Waals surface area contributed by atoms with Crippen LogP contribution >= 0.6 is 0 Å². The van der Waals surface area contributed by atoms with E-state index in [-0.39, 0.29) is 5.91 Å². The molecule has 1 amide bonds. The van der Waals surface area contributed by atoms with Gasteiger partial charge in [0.15, 0.2) is 0 Å². The Morgan fingerprint density at radius 3 is 1.67 bits per heavy atom. The van der Waals surface area contributed by atoms with Crippen LogP contribution in [0, 0.1) is 0 Å². The summed E-state index contributed by atoms with van der Waals surface area (Å²) in [6, 6.07) is 0. The van der Waals surface area contributed by atoms with Crippen molar-refractivity contribution in [2.75, 3.05) is 14.1 Å². The zero-order valence-corrected chi connectivity index (χ0v) is 6.01. The maximum atomic E-state index is 9.58. The first kappa shape index (κ1) is 11.2. The topological polar surface area (TPSA) is 84.4 Å². The molecule has 0 spiro atoms. The highest BCUT2D eigenvalue weighted by Gasteiger charge is 1.73. The third-order valence-corrected chi connectivity index (χ3v) is 0.203. The first-order valence-electron chi connectivity index (χ1n) is 2.40. The van der Waals surface area contributed by atoms with E-state index in [4.69, 9.17) is 5.84 Å². The third-order valence-electron chi connectivity index (χ3n) is 0.203. The molecule has 5 heteroatoms. The highest BCUT2D eigenvalue weighted by Crippen LogP contribution is 1.42. The lowest BCUT2D eigenvalue weighted by Gasteiger charge is -1.91. The maximum absolute atomic E-state index is 9.58. The highest BCUT2D eigenvalue weighted by molar-refractivity contribution is 5.71. The fourth-order valence-corrected chi connectivity index (χ4v) is 0. The molecule has 0 aromatic carbocycles. The van der Waals surface area contributed by atoms with Gasteiger partial charge in [-0.05, 0) is 0 Å². The summed E-state index contributed by atoms with van der Waals surface area (Å²) in [5, 5.41) is 1.50. The molecule has 5 nitrogen and oxygen atoms in total.